The van der Waals surface area contributed by atoms with Gasteiger partial charge in [-0.25, -0.2) is 0 Å². The van der Waals surface area contributed by atoms with Gasteiger partial charge in [0.05, 0.1) is 13.3 Å². The molecule has 0 aliphatic rings. The Morgan fingerprint density at radius 1 is 0.789 bits per heavy atom. The maximum Gasteiger partial charge on any atom is 0.313 e. The number of unbranched alkanes of at least 4 members (excludes halogenated alkanes) is 8. The zero-order valence-electron chi connectivity index (χ0n) is 12.4. The summed E-state index contributed by atoms with van der Waals surface area (Å²) in [5, 5.41) is 0. The minimum Gasteiger partial charge on any atom is -0.393 e. The van der Waals surface area contributed by atoms with Gasteiger partial charge in [0.1, 0.15) is 0 Å². The zero-order chi connectivity index (χ0) is 14.3. The number of rotatable bonds is 12. The fraction of sp³-hybridized carbons (Fsp3) is 0.812. The fourth-order valence-corrected chi connectivity index (χ4v) is 1.90. The first-order valence-electron chi connectivity index (χ1n) is 7.73. The Hall–Kier alpha value is -0.990. The van der Waals surface area contributed by atoms with Crippen LogP contribution in [-0.4, -0.2) is 11.9 Å². The lowest BCUT2D eigenvalue weighted by Crippen LogP contribution is -2.11. The Balaban J connectivity index is 3.40. The van der Waals surface area contributed by atoms with Crippen molar-refractivity contribution in [1.82, 2.24) is 0 Å². The van der Waals surface area contributed by atoms with Crippen molar-refractivity contribution < 1.29 is 14.3 Å². The molecule has 0 aromatic rings. The van der Waals surface area contributed by atoms with E-state index in [0.29, 0.717) is 12.8 Å². The van der Waals surface area contributed by atoms with E-state index < -0.39 is 0 Å². The van der Waals surface area contributed by atoms with Crippen LogP contribution in [0.15, 0.2) is 0 Å². The minimum atomic E-state index is -0.367. The van der Waals surface area contributed by atoms with Crippen LogP contribution in [0.25, 0.3) is 0 Å². The second kappa shape index (κ2) is 13.4. The molecular weight excluding hydrogens is 240 g/mol. The lowest BCUT2D eigenvalue weighted by Gasteiger charge is -2.03. The summed E-state index contributed by atoms with van der Waals surface area (Å²) in [4.78, 5) is 22.7. The van der Waals surface area contributed by atoms with Crippen molar-refractivity contribution in [2.45, 2.75) is 84.0 Å². The summed E-state index contributed by atoms with van der Waals surface area (Å²) in [7, 11) is 0. The maximum absolute atomic E-state index is 11.4. The molecule has 0 fully saturated rings. The highest BCUT2D eigenvalue weighted by atomic mass is 16.6. The monoisotopic (exact) mass is 269 g/mol. The summed E-state index contributed by atoms with van der Waals surface area (Å²) < 4.78 is 4.77. The molecule has 0 spiro atoms. The van der Waals surface area contributed by atoms with Gasteiger partial charge in [-0.15, -0.1) is 0 Å². The van der Waals surface area contributed by atoms with Crippen LogP contribution in [0.1, 0.15) is 84.0 Å². The van der Waals surface area contributed by atoms with E-state index in [1.807, 2.05) is 0 Å². The van der Waals surface area contributed by atoms with Gasteiger partial charge in [-0.1, -0.05) is 39.0 Å². The van der Waals surface area contributed by atoms with Gasteiger partial charge in [-0.2, -0.15) is 0 Å². The van der Waals surface area contributed by atoms with Gasteiger partial charge in [-0.3, -0.25) is 9.59 Å². The average molecular weight is 269 g/mol. The first kappa shape index (κ1) is 18.0. The van der Waals surface area contributed by atoms with Crippen LogP contribution >= 0.6 is 0 Å². The number of esters is 2. The van der Waals surface area contributed by atoms with Crippen LogP contribution in [0.3, 0.4) is 0 Å². The Morgan fingerprint density at radius 2 is 1.26 bits per heavy atom. The van der Waals surface area contributed by atoms with Crippen molar-refractivity contribution in [2.75, 3.05) is 0 Å². The lowest BCUT2D eigenvalue weighted by atomic mass is 10.1. The standard InChI is InChI=1S/C16H29O3/c1-3-5-7-9-11-13-15(17)19-16(18)14-12-10-8-6-4-2/h1,3-14H2,2H3/q+1. The minimum absolute atomic E-state index is 0.360. The predicted molar refractivity (Wildman–Crippen MR) is 77.5 cm³/mol. The summed E-state index contributed by atoms with van der Waals surface area (Å²) >= 11 is 0. The van der Waals surface area contributed by atoms with E-state index >= 15 is 0 Å². The van der Waals surface area contributed by atoms with Crippen LogP contribution in [0, 0.1) is 6.92 Å². The molecule has 0 aromatic carbocycles. The van der Waals surface area contributed by atoms with Gasteiger partial charge in [0.15, 0.2) is 0 Å². The number of hydrogen-bond acceptors (Lipinski definition) is 3. The number of ether oxygens (including phenoxy) is 1. The molecule has 0 aliphatic carbocycles. The van der Waals surface area contributed by atoms with Crippen LogP contribution < -0.4 is 0 Å². The van der Waals surface area contributed by atoms with Crippen molar-refractivity contribution in [2.24, 2.45) is 0 Å². The molecule has 0 bridgehead atoms. The van der Waals surface area contributed by atoms with Gasteiger partial charge >= 0.3 is 11.9 Å². The molecule has 0 saturated carbocycles. The molecule has 0 aromatic heterocycles. The van der Waals surface area contributed by atoms with Crippen LogP contribution in [0.2, 0.25) is 0 Å². The maximum atomic E-state index is 11.4. The highest BCUT2D eigenvalue weighted by Gasteiger charge is 2.09. The fourth-order valence-electron chi connectivity index (χ4n) is 1.90. The van der Waals surface area contributed by atoms with E-state index in [4.69, 9.17) is 4.74 Å². The Morgan fingerprint density at radius 3 is 1.74 bits per heavy atom. The third-order valence-electron chi connectivity index (χ3n) is 3.09. The summed E-state index contributed by atoms with van der Waals surface area (Å²) in [5.41, 5.74) is 0. The van der Waals surface area contributed by atoms with Crippen LogP contribution in [-0.2, 0) is 14.3 Å². The van der Waals surface area contributed by atoms with Crippen molar-refractivity contribution in [3.05, 3.63) is 6.92 Å². The lowest BCUT2D eigenvalue weighted by molar-refractivity contribution is -0.159. The largest absolute Gasteiger partial charge is 0.393 e. The first-order valence-corrected chi connectivity index (χ1v) is 7.73. The van der Waals surface area contributed by atoms with Crippen molar-refractivity contribution in [3.63, 3.8) is 0 Å². The molecule has 0 amide bonds. The SMILES string of the molecule is [CH2+]CCCCCCC(=O)OC(=O)CCCCCCC. The van der Waals surface area contributed by atoms with Gasteiger partial charge in [0.2, 0.25) is 0 Å². The average Bonchev–Trinajstić information content (AvgIpc) is 2.38. The molecule has 3 heteroatoms. The molecule has 110 valence electrons. The van der Waals surface area contributed by atoms with Gasteiger partial charge in [0, 0.05) is 12.8 Å². The molecule has 0 atom stereocenters. The molecule has 0 saturated heterocycles. The zero-order valence-corrected chi connectivity index (χ0v) is 12.4. The van der Waals surface area contributed by atoms with Gasteiger partial charge < -0.3 is 4.74 Å². The number of carbonyl (C=O) groups excluding carboxylic acids is 2. The van der Waals surface area contributed by atoms with E-state index in [1.165, 1.54) is 12.8 Å². The second-order valence-corrected chi connectivity index (χ2v) is 5.03. The second-order valence-electron chi connectivity index (χ2n) is 5.03. The first-order chi connectivity index (χ1) is 9.20. The molecule has 0 radical (unpaired) electrons. The van der Waals surface area contributed by atoms with E-state index in [-0.39, 0.29) is 11.9 Å². The summed E-state index contributed by atoms with van der Waals surface area (Å²) in [6.45, 7) is 5.93. The molecule has 19 heavy (non-hydrogen) atoms. The van der Waals surface area contributed by atoms with E-state index in [2.05, 4.69) is 13.8 Å². The molecule has 0 N–H and O–H groups in total. The molecule has 0 heterocycles. The summed E-state index contributed by atoms with van der Waals surface area (Å²) in [6, 6.07) is 0. The van der Waals surface area contributed by atoms with Gasteiger partial charge in [0.25, 0.3) is 0 Å². The Labute approximate surface area is 118 Å². The third-order valence-corrected chi connectivity index (χ3v) is 3.09. The molecule has 0 unspecified atom stereocenters. The number of hydrogen-bond donors (Lipinski definition) is 0. The van der Waals surface area contributed by atoms with Crippen LogP contribution in [0.5, 0.6) is 0 Å². The van der Waals surface area contributed by atoms with Crippen molar-refractivity contribution >= 4 is 11.9 Å². The topological polar surface area (TPSA) is 43.4 Å². The van der Waals surface area contributed by atoms with E-state index in [0.717, 1.165) is 51.4 Å². The summed E-state index contributed by atoms with van der Waals surface area (Å²) in [5.74, 6) is -0.729. The Bertz CT molecular complexity index is 212. The van der Waals surface area contributed by atoms with E-state index in [9.17, 15) is 9.59 Å². The van der Waals surface area contributed by atoms with Crippen molar-refractivity contribution in [3.8, 4) is 0 Å². The summed E-state index contributed by atoms with van der Waals surface area (Å²) in [6.07, 6.45) is 11.1. The van der Waals surface area contributed by atoms with Gasteiger partial charge in [-0.05, 0) is 25.7 Å². The molecule has 3 nitrogen and oxygen atoms in total. The molecule has 0 rings (SSSR count). The third kappa shape index (κ3) is 13.2. The predicted octanol–water partition coefficient (Wildman–Crippen LogP) is 4.59. The number of carbonyl (C=O) groups is 2. The van der Waals surface area contributed by atoms with Crippen LogP contribution in [0.4, 0.5) is 0 Å². The molecule has 0 aliphatic heterocycles. The van der Waals surface area contributed by atoms with E-state index in [1.54, 1.807) is 0 Å². The highest BCUT2D eigenvalue weighted by molar-refractivity contribution is 5.85. The quantitative estimate of drug-likeness (QED) is 0.225. The van der Waals surface area contributed by atoms with Crippen molar-refractivity contribution in [1.29, 1.82) is 0 Å². The smallest absolute Gasteiger partial charge is 0.313 e. The molecular formula is C16H29O3+. The highest BCUT2D eigenvalue weighted by Crippen LogP contribution is 2.08. The Kier molecular flexibility index (Phi) is 12.7. The normalized spacial score (nSPS) is 10.4.